The molecule has 38 heavy (non-hydrogen) atoms. The van der Waals surface area contributed by atoms with Crippen LogP contribution in [-0.2, 0) is 25.7 Å². The lowest BCUT2D eigenvalue weighted by molar-refractivity contribution is -0.136. The molecule has 0 unspecified atom stereocenters. The zero-order valence-electron chi connectivity index (χ0n) is 20.6. The number of benzene rings is 2. The number of anilines is 1. The van der Waals surface area contributed by atoms with Crippen LogP contribution >= 0.6 is 23.1 Å². The van der Waals surface area contributed by atoms with Gasteiger partial charge in [0.1, 0.15) is 17.5 Å². The molecule has 9 nitrogen and oxygen atoms in total. The van der Waals surface area contributed by atoms with Gasteiger partial charge in [0, 0.05) is 29.4 Å². The zero-order valence-corrected chi connectivity index (χ0v) is 22.2. The molecule has 0 aliphatic carbocycles. The normalized spacial score (nSPS) is 22.8. The molecule has 4 heterocycles. The number of thiazole rings is 1. The van der Waals surface area contributed by atoms with Crippen molar-refractivity contribution in [3.63, 3.8) is 0 Å². The fourth-order valence-electron chi connectivity index (χ4n) is 5.39. The minimum atomic E-state index is -0.746. The van der Waals surface area contributed by atoms with Gasteiger partial charge in [-0.1, -0.05) is 59.5 Å². The van der Waals surface area contributed by atoms with Crippen LogP contribution in [-0.4, -0.2) is 65.9 Å². The maximum Gasteiger partial charge on any atom is 0.308 e. The molecule has 2 saturated heterocycles. The van der Waals surface area contributed by atoms with E-state index in [1.807, 2.05) is 30.3 Å². The summed E-state index contributed by atoms with van der Waals surface area (Å²) in [7, 11) is 1.56. The number of hydrogen-bond donors (Lipinski definition) is 0. The first-order valence-corrected chi connectivity index (χ1v) is 14.0. The number of thioether (sulfide) groups is 1. The minimum absolute atomic E-state index is 0.127. The number of amides is 3. The summed E-state index contributed by atoms with van der Waals surface area (Å²) in [5, 5.41) is -0.182. The van der Waals surface area contributed by atoms with Gasteiger partial charge in [0.25, 0.3) is 0 Å². The summed E-state index contributed by atoms with van der Waals surface area (Å²) in [4.78, 5) is 57.4. The predicted molar refractivity (Wildman–Crippen MR) is 143 cm³/mol. The number of morpholine rings is 1. The van der Waals surface area contributed by atoms with Gasteiger partial charge in [0.15, 0.2) is 0 Å². The Morgan fingerprint density at radius 2 is 1.71 bits per heavy atom. The molecule has 0 radical (unpaired) electrons. The van der Waals surface area contributed by atoms with E-state index in [1.165, 1.54) is 21.2 Å². The summed E-state index contributed by atoms with van der Waals surface area (Å²) >= 11 is 2.24. The van der Waals surface area contributed by atoms with E-state index < -0.39 is 17.1 Å². The summed E-state index contributed by atoms with van der Waals surface area (Å²) < 4.78 is 12.5. The van der Waals surface area contributed by atoms with Crippen molar-refractivity contribution in [1.82, 2.24) is 9.47 Å². The van der Waals surface area contributed by atoms with Crippen molar-refractivity contribution in [3.05, 3.63) is 74.7 Å². The quantitative estimate of drug-likeness (QED) is 0.450. The van der Waals surface area contributed by atoms with E-state index in [9.17, 15) is 19.2 Å². The molecule has 0 N–H and O–H groups in total. The molecule has 6 rings (SSSR count). The molecular formula is C27H25N3O6S2. The molecule has 3 aromatic rings. The highest BCUT2D eigenvalue weighted by atomic mass is 32.2. The topological polar surface area (TPSA) is 98.2 Å². The van der Waals surface area contributed by atoms with Crippen LogP contribution in [0.3, 0.4) is 0 Å². The number of carbonyl (C=O) groups is 3. The highest BCUT2D eigenvalue weighted by Crippen LogP contribution is 2.55. The van der Waals surface area contributed by atoms with Crippen LogP contribution < -0.4 is 14.5 Å². The van der Waals surface area contributed by atoms with Crippen LogP contribution in [0.2, 0.25) is 0 Å². The Bertz CT molecular complexity index is 1460. The van der Waals surface area contributed by atoms with Gasteiger partial charge >= 0.3 is 4.87 Å². The molecule has 3 amide bonds. The smallest absolute Gasteiger partial charge is 0.308 e. The highest BCUT2D eigenvalue weighted by Gasteiger charge is 2.57. The average Bonchev–Trinajstić information content (AvgIpc) is 3.40. The third kappa shape index (κ3) is 4.05. The lowest BCUT2D eigenvalue weighted by Gasteiger charge is -2.32. The molecule has 196 valence electrons. The molecule has 3 aliphatic rings. The van der Waals surface area contributed by atoms with Crippen LogP contribution in [0.4, 0.5) is 5.69 Å². The van der Waals surface area contributed by atoms with Gasteiger partial charge in [-0.3, -0.25) is 23.7 Å². The van der Waals surface area contributed by atoms with E-state index in [0.29, 0.717) is 47.6 Å². The number of hydrogen-bond acceptors (Lipinski definition) is 8. The van der Waals surface area contributed by atoms with E-state index >= 15 is 0 Å². The second-order valence-corrected chi connectivity index (χ2v) is 11.4. The fraction of sp³-hybridized carbons (Fsp3) is 0.333. The van der Waals surface area contributed by atoms with Crippen LogP contribution in [0.15, 0.2) is 64.4 Å². The van der Waals surface area contributed by atoms with E-state index in [2.05, 4.69) is 0 Å². The Morgan fingerprint density at radius 3 is 2.45 bits per heavy atom. The Morgan fingerprint density at radius 1 is 1.00 bits per heavy atom. The monoisotopic (exact) mass is 551 g/mol. The Kier molecular flexibility index (Phi) is 6.58. The molecular weight excluding hydrogens is 526 g/mol. The Hall–Kier alpha value is -3.41. The van der Waals surface area contributed by atoms with E-state index in [1.54, 1.807) is 36.3 Å². The van der Waals surface area contributed by atoms with Crippen molar-refractivity contribution in [2.45, 2.75) is 22.7 Å². The van der Waals surface area contributed by atoms with Gasteiger partial charge in [-0.15, -0.1) is 0 Å². The summed E-state index contributed by atoms with van der Waals surface area (Å²) in [6, 6.07) is 16.3. The number of aromatic nitrogens is 1. The van der Waals surface area contributed by atoms with E-state index in [4.69, 9.17) is 9.47 Å². The van der Waals surface area contributed by atoms with Crippen molar-refractivity contribution < 1.29 is 23.9 Å². The molecule has 2 fully saturated rings. The first kappa shape index (κ1) is 24.9. The number of rotatable bonds is 5. The number of nitrogens with zero attached hydrogens (tertiary/aromatic N) is 3. The van der Waals surface area contributed by atoms with E-state index in [-0.39, 0.29) is 29.1 Å². The van der Waals surface area contributed by atoms with Gasteiger partial charge in [0.2, 0.25) is 17.7 Å². The Labute approximate surface area is 226 Å². The summed E-state index contributed by atoms with van der Waals surface area (Å²) in [5.74, 6) is -1.53. The molecule has 11 heteroatoms. The maximum atomic E-state index is 13.9. The zero-order chi connectivity index (χ0) is 26.4. The van der Waals surface area contributed by atoms with Crippen molar-refractivity contribution in [1.29, 1.82) is 0 Å². The summed E-state index contributed by atoms with van der Waals surface area (Å²) in [6.07, 6.45) is 0. The summed E-state index contributed by atoms with van der Waals surface area (Å²) in [5.41, 5.74) is 1.25. The second kappa shape index (κ2) is 10.0. The van der Waals surface area contributed by atoms with Crippen LogP contribution in [0, 0.1) is 5.92 Å². The second-order valence-electron chi connectivity index (χ2n) is 9.25. The highest BCUT2D eigenvalue weighted by molar-refractivity contribution is 8.00. The molecule has 0 bridgehead atoms. The number of para-hydroxylation sites is 2. The molecule has 0 spiro atoms. The Balaban J connectivity index is 1.46. The summed E-state index contributed by atoms with van der Waals surface area (Å²) in [6.45, 7) is 1.74. The average molecular weight is 552 g/mol. The van der Waals surface area contributed by atoms with Gasteiger partial charge in [-0.05, 0) is 18.2 Å². The van der Waals surface area contributed by atoms with Crippen LogP contribution in [0.25, 0.3) is 0 Å². The third-order valence-corrected chi connectivity index (χ3v) is 9.80. The van der Waals surface area contributed by atoms with Crippen LogP contribution in [0.1, 0.15) is 16.4 Å². The number of imide groups is 1. The van der Waals surface area contributed by atoms with Gasteiger partial charge < -0.3 is 14.4 Å². The maximum absolute atomic E-state index is 13.9. The number of fused-ring (bicyclic) bond motifs is 2. The number of carbonyl (C=O) groups excluding carboxylic acids is 3. The minimum Gasteiger partial charge on any atom is -0.496 e. The van der Waals surface area contributed by atoms with Crippen molar-refractivity contribution in [2.24, 2.45) is 5.92 Å². The fourth-order valence-corrected chi connectivity index (χ4v) is 8.16. The number of methoxy groups -OCH3 is 1. The largest absolute Gasteiger partial charge is 0.496 e. The molecule has 1 aromatic heterocycles. The predicted octanol–water partition coefficient (Wildman–Crippen LogP) is 2.57. The first-order chi connectivity index (χ1) is 18.5. The molecule has 3 aliphatic heterocycles. The molecule has 2 aromatic carbocycles. The first-order valence-electron chi connectivity index (χ1n) is 12.3. The van der Waals surface area contributed by atoms with Crippen molar-refractivity contribution in [2.75, 3.05) is 38.3 Å². The lowest BCUT2D eigenvalue weighted by atomic mass is 9.82. The van der Waals surface area contributed by atoms with E-state index in [0.717, 1.165) is 16.9 Å². The lowest BCUT2D eigenvalue weighted by Crippen LogP contribution is -2.43. The number of ether oxygens (including phenoxy) is 2. The molecule has 3 atom stereocenters. The van der Waals surface area contributed by atoms with Crippen molar-refractivity contribution in [3.8, 4) is 5.75 Å². The van der Waals surface area contributed by atoms with Gasteiger partial charge in [0.05, 0.1) is 37.0 Å². The van der Waals surface area contributed by atoms with Crippen LogP contribution in [0.5, 0.6) is 5.75 Å². The van der Waals surface area contributed by atoms with Gasteiger partial charge in [-0.2, -0.15) is 0 Å². The SMILES string of the molecule is COc1ccccc1[C@@H]1c2sc(=O)n(CC(=O)N3CCOCC3)c2S[C@H]2C(=O)N(c3ccccc3)C(=O)[C@@H]12. The third-order valence-electron chi connectivity index (χ3n) is 7.19. The van der Waals surface area contributed by atoms with Gasteiger partial charge in [-0.25, -0.2) is 4.90 Å². The molecule has 0 saturated carbocycles. The van der Waals surface area contributed by atoms with Crippen molar-refractivity contribution >= 4 is 46.5 Å². The standard InChI is InChI=1S/C27H25N3O6S2/c1-35-18-10-6-5-9-17(18)20-21-22(25(33)30(24(21)32)16-7-3-2-4-8-16)37-26-23(20)38-27(34)29(26)15-19(31)28-11-13-36-14-12-28/h2-10,20-22H,11-15H2,1H3/t20-,21-,22+/m0/s1.